The minimum Gasteiger partial charge on any atom is -0.340 e. The molecule has 1 N–H and O–H groups in total. The fourth-order valence-electron chi connectivity index (χ4n) is 3.03. The van der Waals surface area contributed by atoms with E-state index in [2.05, 4.69) is 4.84 Å². The highest BCUT2D eigenvalue weighted by molar-refractivity contribution is 6.11. The van der Waals surface area contributed by atoms with Crippen molar-refractivity contribution in [2.45, 2.75) is 20.3 Å². The second-order valence-electron chi connectivity index (χ2n) is 6.70. The first-order chi connectivity index (χ1) is 12.9. The standard InChI is InChI=1S/C21H19NO5/c1-12-3-7-14(8-4-12)17(23)11-16(18-20(25)22-27-21(18)26)19(24)15-9-5-13(2)6-10-15/h3-10,16,18H,11H2,1-2H3,(H,22,25). The molecular formula is C21H19NO5. The maximum atomic E-state index is 13.0. The van der Waals surface area contributed by atoms with Gasteiger partial charge in [0, 0.05) is 17.5 Å². The summed E-state index contributed by atoms with van der Waals surface area (Å²) in [5.41, 5.74) is 4.72. The van der Waals surface area contributed by atoms with E-state index in [1.807, 2.05) is 19.3 Å². The highest BCUT2D eigenvalue weighted by atomic mass is 16.7. The molecule has 0 spiro atoms. The maximum absolute atomic E-state index is 13.0. The van der Waals surface area contributed by atoms with E-state index >= 15 is 0 Å². The van der Waals surface area contributed by atoms with Crippen molar-refractivity contribution < 1.29 is 24.0 Å². The lowest BCUT2D eigenvalue weighted by Gasteiger charge is -2.17. The maximum Gasteiger partial charge on any atom is 0.345 e. The van der Waals surface area contributed by atoms with Crippen LogP contribution in [-0.4, -0.2) is 23.4 Å². The number of benzene rings is 2. The van der Waals surface area contributed by atoms with Gasteiger partial charge < -0.3 is 4.84 Å². The Bertz CT molecular complexity index is 883. The predicted octanol–water partition coefficient (Wildman–Crippen LogP) is 2.58. The van der Waals surface area contributed by atoms with E-state index in [0.29, 0.717) is 11.1 Å². The van der Waals surface area contributed by atoms with Crippen LogP contribution >= 0.6 is 0 Å². The van der Waals surface area contributed by atoms with E-state index in [1.54, 1.807) is 48.5 Å². The molecule has 2 aromatic carbocycles. The molecule has 1 saturated heterocycles. The molecule has 1 aliphatic heterocycles. The van der Waals surface area contributed by atoms with E-state index in [4.69, 9.17) is 0 Å². The summed E-state index contributed by atoms with van der Waals surface area (Å²) in [5, 5.41) is 0. The van der Waals surface area contributed by atoms with Gasteiger partial charge >= 0.3 is 5.97 Å². The Morgan fingerprint density at radius 2 is 1.44 bits per heavy atom. The van der Waals surface area contributed by atoms with Crippen LogP contribution in [0.3, 0.4) is 0 Å². The van der Waals surface area contributed by atoms with Crippen molar-refractivity contribution in [2.24, 2.45) is 11.8 Å². The number of aryl methyl sites for hydroxylation is 2. The average Bonchev–Trinajstić information content (AvgIpc) is 2.98. The van der Waals surface area contributed by atoms with E-state index < -0.39 is 29.5 Å². The zero-order valence-corrected chi connectivity index (χ0v) is 15.0. The van der Waals surface area contributed by atoms with Crippen molar-refractivity contribution >= 4 is 23.4 Å². The van der Waals surface area contributed by atoms with Crippen LogP contribution in [0.4, 0.5) is 0 Å². The molecular weight excluding hydrogens is 346 g/mol. The van der Waals surface area contributed by atoms with Gasteiger partial charge in [0.2, 0.25) is 0 Å². The molecule has 27 heavy (non-hydrogen) atoms. The number of Topliss-reactive ketones (excluding diaryl/α,β-unsaturated/α-hetero) is 2. The Hall–Kier alpha value is -3.28. The summed E-state index contributed by atoms with van der Waals surface area (Å²) >= 11 is 0. The molecule has 1 amide bonds. The third-order valence-electron chi connectivity index (χ3n) is 4.64. The van der Waals surface area contributed by atoms with Crippen molar-refractivity contribution in [1.82, 2.24) is 5.48 Å². The Labute approximate surface area is 156 Å². The first-order valence-electron chi connectivity index (χ1n) is 8.58. The Morgan fingerprint density at radius 1 is 0.926 bits per heavy atom. The molecule has 1 heterocycles. The van der Waals surface area contributed by atoms with Crippen LogP contribution in [0.15, 0.2) is 48.5 Å². The van der Waals surface area contributed by atoms with Crippen molar-refractivity contribution in [3.05, 3.63) is 70.8 Å². The van der Waals surface area contributed by atoms with E-state index in [-0.39, 0.29) is 12.2 Å². The number of nitrogens with one attached hydrogen (secondary N) is 1. The van der Waals surface area contributed by atoms with Gasteiger partial charge in [0.15, 0.2) is 17.5 Å². The van der Waals surface area contributed by atoms with Crippen molar-refractivity contribution in [2.75, 3.05) is 0 Å². The molecule has 2 aromatic rings. The van der Waals surface area contributed by atoms with Crippen LogP contribution in [-0.2, 0) is 14.4 Å². The zero-order valence-electron chi connectivity index (χ0n) is 15.0. The lowest BCUT2D eigenvalue weighted by atomic mass is 9.81. The molecule has 0 aliphatic carbocycles. The summed E-state index contributed by atoms with van der Waals surface area (Å²) in [6, 6.07) is 13.7. The number of hydrogen-bond acceptors (Lipinski definition) is 5. The molecule has 2 unspecified atom stereocenters. The van der Waals surface area contributed by atoms with Gasteiger partial charge in [-0.15, -0.1) is 0 Å². The molecule has 138 valence electrons. The lowest BCUT2D eigenvalue weighted by Crippen LogP contribution is -2.34. The van der Waals surface area contributed by atoms with Crippen LogP contribution < -0.4 is 5.48 Å². The van der Waals surface area contributed by atoms with Crippen LogP contribution in [0, 0.1) is 25.7 Å². The fourth-order valence-corrected chi connectivity index (χ4v) is 3.03. The molecule has 6 nitrogen and oxygen atoms in total. The number of rotatable bonds is 6. The molecule has 1 aliphatic rings. The number of carbonyl (C=O) groups excluding carboxylic acids is 4. The SMILES string of the molecule is Cc1ccc(C(=O)CC(C(=O)c2ccc(C)cc2)C2C(=O)NOC2=O)cc1. The van der Waals surface area contributed by atoms with Crippen molar-refractivity contribution in [1.29, 1.82) is 0 Å². The van der Waals surface area contributed by atoms with E-state index in [9.17, 15) is 19.2 Å². The molecule has 0 saturated carbocycles. The number of ketones is 2. The predicted molar refractivity (Wildman–Crippen MR) is 96.9 cm³/mol. The van der Waals surface area contributed by atoms with Gasteiger partial charge in [-0.3, -0.25) is 14.4 Å². The second-order valence-corrected chi connectivity index (χ2v) is 6.70. The molecule has 6 heteroatoms. The van der Waals surface area contributed by atoms with Crippen LogP contribution in [0.25, 0.3) is 0 Å². The van der Waals surface area contributed by atoms with Gasteiger partial charge in [-0.25, -0.2) is 4.79 Å². The van der Waals surface area contributed by atoms with Gasteiger partial charge in [0.1, 0.15) is 0 Å². The topological polar surface area (TPSA) is 89.5 Å². The Balaban J connectivity index is 1.92. The summed E-state index contributed by atoms with van der Waals surface area (Å²) in [7, 11) is 0. The Kier molecular flexibility index (Phi) is 5.16. The summed E-state index contributed by atoms with van der Waals surface area (Å²) < 4.78 is 0. The third-order valence-corrected chi connectivity index (χ3v) is 4.64. The van der Waals surface area contributed by atoms with Crippen molar-refractivity contribution in [3.63, 3.8) is 0 Å². The second kappa shape index (κ2) is 7.53. The smallest absolute Gasteiger partial charge is 0.340 e. The highest BCUT2D eigenvalue weighted by Crippen LogP contribution is 2.27. The number of hydroxylamine groups is 1. The number of hydrogen-bond donors (Lipinski definition) is 1. The van der Waals surface area contributed by atoms with Gasteiger partial charge in [0.25, 0.3) is 5.91 Å². The minimum absolute atomic E-state index is 0.261. The largest absolute Gasteiger partial charge is 0.345 e. The molecule has 0 radical (unpaired) electrons. The van der Waals surface area contributed by atoms with E-state index in [1.165, 1.54) is 0 Å². The Morgan fingerprint density at radius 3 is 1.93 bits per heavy atom. The lowest BCUT2D eigenvalue weighted by molar-refractivity contribution is -0.146. The quantitative estimate of drug-likeness (QED) is 0.628. The molecule has 0 bridgehead atoms. The van der Waals surface area contributed by atoms with Crippen LogP contribution in [0.1, 0.15) is 38.3 Å². The summed E-state index contributed by atoms with van der Waals surface area (Å²) in [4.78, 5) is 54.3. The monoisotopic (exact) mass is 365 g/mol. The fraction of sp³-hybridized carbons (Fsp3) is 0.238. The molecule has 2 atom stereocenters. The summed E-state index contributed by atoms with van der Waals surface area (Å²) in [6.45, 7) is 3.78. The van der Waals surface area contributed by atoms with Gasteiger partial charge in [-0.2, -0.15) is 5.48 Å². The summed E-state index contributed by atoms with van der Waals surface area (Å²) in [5.74, 6) is -4.77. The highest BCUT2D eigenvalue weighted by Gasteiger charge is 2.46. The first-order valence-corrected chi connectivity index (χ1v) is 8.58. The number of carbonyl (C=O) groups is 4. The van der Waals surface area contributed by atoms with Crippen LogP contribution in [0.2, 0.25) is 0 Å². The molecule has 0 aromatic heterocycles. The van der Waals surface area contributed by atoms with E-state index in [0.717, 1.165) is 11.1 Å². The van der Waals surface area contributed by atoms with Gasteiger partial charge in [-0.05, 0) is 13.8 Å². The summed E-state index contributed by atoms with van der Waals surface area (Å²) in [6.07, 6.45) is -0.261. The zero-order chi connectivity index (χ0) is 19.6. The minimum atomic E-state index is -1.34. The average molecular weight is 365 g/mol. The van der Waals surface area contributed by atoms with Gasteiger partial charge in [-0.1, -0.05) is 59.7 Å². The van der Waals surface area contributed by atoms with Gasteiger partial charge in [0.05, 0.1) is 5.92 Å². The normalized spacial score (nSPS) is 17.2. The number of amides is 1. The van der Waals surface area contributed by atoms with Crippen LogP contribution in [0.5, 0.6) is 0 Å². The molecule has 3 rings (SSSR count). The van der Waals surface area contributed by atoms with Crippen molar-refractivity contribution in [3.8, 4) is 0 Å². The molecule has 1 fully saturated rings. The third kappa shape index (κ3) is 3.95. The first kappa shape index (κ1) is 18.5.